The number of carbonyl (C=O) groups is 3. The van der Waals surface area contributed by atoms with Crippen LogP contribution in [0.5, 0.6) is 0 Å². The summed E-state index contributed by atoms with van der Waals surface area (Å²) in [4.78, 5) is 45.0. The number of fused-ring (bicyclic) bond motifs is 1. The van der Waals surface area contributed by atoms with Gasteiger partial charge in [0.1, 0.15) is 6.04 Å². The maximum Gasteiger partial charge on any atom is 0.326 e. The standard InChI is InChI=1S/C36H45N5O4S/c1-4-26(2)33(39-34(42)19-30-20-37-25-41(30)21-27-11-6-5-7-12-27)23-40(24-35(43)38-32(36(44)45)17-18-46-3)22-29-15-10-14-28-13-8-9-16-31(28)29/h5-16,20,25-26,32-33H,4,17-19,21-24H2,1-3H3,(H,38,43)(H,39,42)(H,44,45)/t26-,32-,33+/m0/s1. The highest BCUT2D eigenvalue weighted by Crippen LogP contribution is 2.21. The molecule has 2 amide bonds. The van der Waals surface area contributed by atoms with Gasteiger partial charge in [-0.05, 0) is 46.2 Å². The van der Waals surface area contributed by atoms with Gasteiger partial charge in [-0.2, -0.15) is 11.8 Å². The van der Waals surface area contributed by atoms with Crippen molar-refractivity contribution in [2.45, 2.75) is 58.3 Å². The molecule has 1 heterocycles. The first-order chi connectivity index (χ1) is 22.3. The van der Waals surface area contributed by atoms with Gasteiger partial charge in [0.25, 0.3) is 0 Å². The van der Waals surface area contributed by atoms with Crippen molar-refractivity contribution in [3.8, 4) is 0 Å². The SMILES string of the molecule is CC[C@H](C)[C@@H](CN(CC(=O)N[C@@H](CCSC)C(=O)O)Cc1cccc2ccccc12)NC(=O)Cc1cncn1Cc1ccccc1. The predicted molar refractivity (Wildman–Crippen MR) is 185 cm³/mol. The molecule has 0 fully saturated rings. The van der Waals surface area contributed by atoms with Crippen LogP contribution in [-0.4, -0.2) is 74.5 Å². The zero-order valence-corrected chi connectivity index (χ0v) is 27.7. The molecular formula is C36H45N5O4S. The number of imidazole rings is 1. The van der Waals surface area contributed by atoms with Crippen molar-refractivity contribution < 1.29 is 19.5 Å². The summed E-state index contributed by atoms with van der Waals surface area (Å²) in [6.45, 7) is 5.69. The summed E-state index contributed by atoms with van der Waals surface area (Å²) in [6.07, 6.45) is 6.75. The number of nitrogens with zero attached hydrogens (tertiary/aromatic N) is 3. The number of amides is 2. The molecular weight excluding hydrogens is 598 g/mol. The Hall–Kier alpha value is -4.15. The van der Waals surface area contributed by atoms with Gasteiger partial charge in [0, 0.05) is 37.6 Å². The van der Waals surface area contributed by atoms with Gasteiger partial charge >= 0.3 is 5.97 Å². The molecule has 9 nitrogen and oxygen atoms in total. The largest absolute Gasteiger partial charge is 0.480 e. The lowest BCUT2D eigenvalue weighted by molar-refractivity contribution is -0.142. The second kappa shape index (κ2) is 17.5. The fraction of sp³-hybridized carbons (Fsp3) is 0.389. The Balaban J connectivity index is 1.52. The van der Waals surface area contributed by atoms with Gasteiger partial charge in [0.15, 0.2) is 0 Å². The summed E-state index contributed by atoms with van der Waals surface area (Å²) in [5, 5.41) is 17.9. The molecule has 0 saturated carbocycles. The van der Waals surface area contributed by atoms with E-state index in [1.165, 1.54) is 0 Å². The fourth-order valence-corrected chi connectivity index (χ4v) is 6.03. The lowest BCUT2D eigenvalue weighted by Gasteiger charge is -2.31. The topological polar surface area (TPSA) is 117 Å². The van der Waals surface area contributed by atoms with E-state index >= 15 is 0 Å². The van der Waals surface area contributed by atoms with Gasteiger partial charge in [0.2, 0.25) is 11.8 Å². The van der Waals surface area contributed by atoms with E-state index < -0.39 is 12.0 Å². The van der Waals surface area contributed by atoms with Crippen molar-refractivity contribution in [3.05, 3.63) is 102 Å². The summed E-state index contributed by atoms with van der Waals surface area (Å²) in [7, 11) is 0. The summed E-state index contributed by atoms with van der Waals surface area (Å²) in [5.74, 6) is -0.752. The highest BCUT2D eigenvalue weighted by atomic mass is 32.2. The van der Waals surface area contributed by atoms with Crippen molar-refractivity contribution >= 4 is 40.3 Å². The van der Waals surface area contributed by atoms with Crippen LogP contribution in [0, 0.1) is 5.92 Å². The molecule has 0 radical (unpaired) electrons. The summed E-state index contributed by atoms with van der Waals surface area (Å²) < 4.78 is 1.99. The number of aliphatic carboxylic acids is 1. The van der Waals surface area contributed by atoms with E-state index in [4.69, 9.17) is 0 Å². The molecule has 1 aromatic heterocycles. The molecule has 0 aliphatic heterocycles. The lowest BCUT2D eigenvalue weighted by atomic mass is 9.97. The first-order valence-electron chi connectivity index (χ1n) is 15.8. The molecule has 10 heteroatoms. The maximum atomic E-state index is 13.5. The Morgan fingerprint density at radius 2 is 1.72 bits per heavy atom. The number of thioether (sulfide) groups is 1. The Kier molecular flexibility index (Phi) is 13.2. The van der Waals surface area contributed by atoms with E-state index in [1.54, 1.807) is 24.3 Å². The number of carboxylic acid groups (broad SMARTS) is 1. The molecule has 0 spiro atoms. The minimum absolute atomic E-state index is 0.00107. The van der Waals surface area contributed by atoms with Gasteiger partial charge in [-0.15, -0.1) is 0 Å². The normalized spacial score (nSPS) is 13.3. The number of benzene rings is 3. The van der Waals surface area contributed by atoms with Gasteiger partial charge in [-0.1, -0.05) is 93.1 Å². The molecule has 0 saturated heterocycles. The van der Waals surface area contributed by atoms with Crippen LogP contribution in [0.25, 0.3) is 10.8 Å². The third kappa shape index (κ3) is 10.2. The predicted octanol–water partition coefficient (Wildman–Crippen LogP) is 4.98. The highest BCUT2D eigenvalue weighted by molar-refractivity contribution is 7.98. The first kappa shape index (κ1) is 34.7. The van der Waals surface area contributed by atoms with Gasteiger partial charge < -0.3 is 20.3 Å². The van der Waals surface area contributed by atoms with Crippen LogP contribution in [0.2, 0.25) is 0 Å². The third-order valence-corrected chi connectivity index (χ3v) is 9.00. The molecule has 3 atom stereocenters. The molecule has 0 bridgehead atoms. The van der Waals surface area contributed by atoms with Gasteiger partial charge in [0.05, 0.1) is 19.3 Å². The number of rotatable bonds is 18. The minimum atomic E-state index is -1.04. The molecule has 0 aliphatic carbocycles. The van der Waals surface area contributed by atoms with Crippen LogP contribution >= 0.6 is 11.8 Å². The van der Waals surface area contributed by atoms with Crippen LogP contribution in [-0.2, 0) is 33.9 Å². The van der Waals surface area contributed by atoms with E-state index in [0.717, 1.165) is 34.0 Å². The first-order valence-corrected chi connectivity index (χ1v) is 17.2. The minimum Gasteiger partial charge on any atom is -0.480 e. The molecule has 0 unspecified atom stereocenters. The van der Waals surface area contributed by atoms with E-state index in [-0.39, 0.29) is 36.7 Å². The van der Waals surface area contributed by atoms with Crippen molar-refractivity contribution in [2.75, 3.05) is 25.1 Å². The van der Waals surface area contributed by atoms with E-state index in [2.05, 4.69) is 53.7 Å². The van der Waals surface area contributed by atoms with Gasteiger partial charge in [-0.25, -0.2) is 9.78 Å². The molecule has 4 rings (SSSR count). The number of nitrogens with one attached hydrogen (secondary N) is 2. The Morgan fingerprint density at radius 3 is 2.46 bits per heavy atom. The van der Waals surface area contributed by atoms with E-state index in [1.807, 2.05) is 64.3 Å². The van der Waals surface area contributed by atoms with E-state index in [9.17, 15) is 19.5 Å². The number of aromatic nitrogens is 2. The van der Waals surface area contributed by atoms with Gasteiger partial charge in [-0.3, -0.25) is 14.5 Å². The zero-order chi connectivity index (χ0) is 32.9. The number of carbonyl (C=O) groups excluding carboxylic acids is 2. The quantitative estimate of drug-likeness (QED) is 0.140. The van der Waals surface area contributed by atoms with Crippen LogP contribution in [0.4, 0.5) is 0 Å². The molecule has 4 aromatic rings. The number of carboxylic acids is 1. The Labute approximate surface area is 275 Å². The monoisotopic (exact) mass is 643 g/mol. The smallest absolute Gasteiger partial charge is 0.326 e. The van der Waals surface area contributed by atoms with Crippen molar-refractivity contribution in [3.63, 3.8) is 0 Å². The molecule has 0 aliphatic rings. The molecule has 3 N–H and O–H groups in total. The van der Waals surface area contributed by atoms with Crippen molar-refractivity contribution in [2.24, 2.45) is 5.92 Å². The van der Waals surface area contributed by atoms with Crippen LogP contribution in [0.1, 0.15) is 43.5 Å². The zero-order valence-electron chi connectivity index (χ0n) is 26.9. The van der Waals surface area contributed by atoms with Crippen LogP contribution in [0.3, 0.4) is 0 Å². The number of hydrogen-bond acceptors (Lipinski definition) is 6. The molecule has 3 aromatic carbocycles. The lowest BCUT2D eigenvalue weighted by Crippen LogP contribution is -2.51. The summed E-state index contributed by atoms with van der Waals surface area (Å²) in [6, 6.07) is 23.1. The van der Waals surface area contributed by atoms with Crippen molar-refractivity contribution in [1.82, 2.24) is 25.1 Å². The second-order valence-electron chi connectivity index (χ2n) is 11.8. The molecule has 46 heavy (non-hydrogen) atoms. The van der Waals surface area contributed by atoms with Crippen molar-refractivity contribution in [1.29, 1.82) is 0 Å². The summed E-state index contributed by atoms with van der Waals surface area (Å²) >= 11 is 1.54. The Morgan fingerprint density at radius 1 is 0.978 bits per heavy atom. The van der Waals surface area contributed by atoms with E-state index in [0.29, 0.717) is 31.8 Å². The second-order valence-corrected chi connectivity index (χ2v) is 12.8. The summed E-state index contributed by atoms with van der Waals surface area (Å²) in [5.41, 5.74) is 3.00. The average Bonchev–Trinajstić information content (AvgIpc) is 3.48. The van der Waals surface area contributed by atoms with Crippen LogP contribution < -0.4 is 10.6 Å². The maximum absolute atomic E-state index is 13.5. The number of hydrogen-bond donors (Lipinski definition) is 3. The average molecular weight is 644 g/mol. The fourth-order valence-electron chi connectivity index (χ4n) is 5.56. The third-order valence-electron chi connectivity index (χ3n) is 8.35. The molecule has 244 valence electrons. The van der Waals surface area contributed by atoms with Crippen LogP contribution in [0.15, 0.2) is 85.3 Å². The highest BCUT2D eigenvalue weighted by Gasteiger charge is 2.26. The Bertz CT molecular complexity index is 1570.